The zero-order chi connectivity index (χ0) is 25.9. The van der Waals surface area contributed by atoms with Crippen LogP contribution in [0.4, 0.5) is 22.4 Å². The Bertz CT molecular complexity index is 1240. The van der Waals surface area contributed by atoms with Gasteiger partial charge >= 0.3 is 6.09 Å². The molecule has 2 heterocycles. The smallest absolute Gasteiger partial charge is 0.405 e. The van der Waals surface area contributed by atoms with Gasteiger partial charge in [-0.3, -0.25) is 9.20 Å². The SMILES string of the molecule is CCC(C)(CNC(=O)c1c(C)nc2c(OCc3c(F)cccc3F)cc(C(F)F)cn12)NC(=O)O. The largest absolute Gasteiger partial charge is 0.485 e. The normalized spacial score (nSPS) is 13.0. The first-order valence-corrected chi connectivity index (χ1v) is 10.6. The third kappa shape index (κ3) is 5.64. The number of benzene rings is 1. The van der Waals surface area contributed by atoms with Crippen LogP contribution in [0.5, 0.6) is 5.75 Å². The van der Waals surface area contributed by atoms with Gasteiger partial charge in [0.05, 0.1) is 16.8 Å². The number of ether oxygens (including phenoxy) is 1. The van der Waals surface area contributed by atoms with E-state index >= 15 is 0 Å². The Kier molecular flexibility index (Phi) is 7.51. The number of carboxylic acid groups (broad SMARTS) is 1. The first-order chi connectivity index (χ1) is 16.5. The fourth-order valence-corrected chi connectivity index (χ4v) is 3.44. The molecule has 8 nitrogen and oxygen atoms in total. The van der Waals surface area contributed by atoms with E-state index < -0.39 is 47.8 Å². The van der Waals surface area contributed by atoms with Crippen LogP contribution < -0.4 is 15.4 Å². The molecule has 3 N–H and O–H groups in total. The summed E-state index contributed by atoms with van der Waals surface area (Å²) in [6, 6.07) is 4.26. The van der Waals surface area contributed by atoms with Gasteiger partial charge in [0, 0.05) is 18.3 Å². The van der Waals surface area contributed by atoms with Gasteiger partial charge in [-0.2, -0.15) is 0 Å². The average Bonchev–Trinajstić information content (AvgIpc) is 3.12. The second kappa shape index (κ2) is 10.2. The van der Waals surface area contributed by atoms with Crippen LogP contribution in [0.2, 0.25) is 0 Å². The molecule has 0 bridgehead atoms. The Labute approximate surface area is 197 Å². The molecule has 0 saturated heterocycles. The summed E-state index contributed by atoms with van der Waals surface area (Å²) in [6.45, 7) is 4.15. The van der Waals surface area contributed by atoms with E-state index in [1.165, 1.54) is 13.0 Å². The molecule has 3 rings (SSSR count). The number of aryl methyl sites for hydroxylation is 1. The van der Waals surface area contributed by atoms with Crippen LogP contribution in [0, 0.1) is 18.6 Å². The molecule has 3 aromatic rings. The number of carbonyl (C=O) groups is 2. The van der Waals surface area contributed by atoms with Gasteiger partial charge in [-0.15, -0.1) is 0 Å². The number of halogens is 4. The summed E-state index contributed by atoms with van der Waals surface area (Å²) in [6.07, 6.45) is -2.80. The highest BCUT2D eigenvalue weighted by Crippen LogP contribution is 2.30. The fourth-order valence-electron chi connectivity index (χ4n) is 3.44. The molecule has 0 aliphatic rings. The quantitative estimate of drug-likeness (QED) is 0.376. The fraction of sp³-hybridized carbons (Fsp3) is 0.348. The Balaban J connectivity index is 1.97. The number of nitrogens with zero attached hydrogens (tertiary/aromatic N) is 2. The van der Waals surface area contributed by atoms with Crippen LogP contribution in [0.3, 0.4) is 0 Å². The van der Waals surface area contributed by atoms with E-state index in [4.69, 9.17) is 9.84 Å². The zero-order valence-corrected chi connectivity index (χ0v) is 19.2. The number of hydrogen-bond donors (Lipinski definition) is 3. The van der Waals surface area contributed by atoms with Crippen molar-refractivity contribution in [2.45, 2.75) is 45.8 Å². The van der Waals surface area contributed by atoms with E-state index in [0.29, 0.717) is 6.42 Å². The summed E-state index contributed by atoms with van der Waals surface area (Å²) in [5.41, 5.74) is -1.76. The summed E-state index contributed by atoms with van der Waals surface area (Å²) >= 11 is 0. The number of nitrogens with one attached hydrogen (secondary N) is 2. The van der Waals surface area contributed by atoms with Crippen molar-refractivity contribution >= 4 is 17.6 Å². The van der Waals surface area contributed by atoms with Crippen molar-refractivity contribution in [2.24, 2.45) is 0 Å². The van der Waals surface area contributed by atoms with Gasteiger partial charge in [-0.05, 0) is 38.5 Å². The van der Waals surface area contributed by atoms with Gasteiger partial charge in [-0.25, -0.2) is 27.3 Å². The van der Waals surface area contributed by atoms with Gasteiger partial charge in [0.2, 0.25) is 0 Å². The van der Waals surface area contributed by atoms with E-state index in [2.05, 4.69) is 15.6 Å². The highest BCUT2D eigenvalue weighted by Gasteiger charge is 2.27. The Morgan fingerprint density at radius 1 is 1.26 bits per heavy atom. The third-order valence-electron chi connectivity index (χ3n) is 5.61. The van der Waals surface area contributed by atoms with E-state index in [9.17, 15) is 27.2 Å². The number of amides is 2. The van der Waals surface area contributed by atoms with Gasteiger partial charge in [0.15, 0.2) is 11.4 Å². The molecule has 0 radical (unpaired) electrons. The van der Waals surface area contributed by atoms with Crippen molar-refractivity contribution in [1.29, 1.82) is 0 Å². The van der Waals surface area contributed by atoms with Crippen LogP contribution >= 0.6 is 0 Å². The molecular formula is C23H24F4N4O4. The molecule has 1 unspecified atom stereocenters. The second-order valence-electron chi connectivity index (χ2n) is 8.19. The minimum absolute atomic E-state index is 0.00397. The molecule has 0 aliphatic heterocycles. The zero-order valence-electron chi connectivity index (χ0n) is 19.2. The lowest BCUT2D eigenvalue weighted by Gasteiger charge is -2.28. The Morgan fingerprint density at radius 3 is 2.49 bits per heavy atom. The summed E-state index contributed by atoms with van der Waals surface area (Å²) in [7, 11) is 0. The minimum Gasteiger partial charge on any atom is -0.485 e. The maximum atomic E-state index is 14.0. The predicted molar refractivity (Wildman–Crippen MR) is 118 cm³/mol. The van der Waals surface area contributed by atoms with Gasteiger partial charge in [0.1, 0.15) is 23.9 Å². The first-order valence-electron chi connectivity index (χ1n) is 10.6. The molecule has 188 valence electrons. The van der Waals surface area contributed by atoms with Crippen molar-refractivity contribution in [3.05, 3.63) is 64.6 Å². The van der Waals surface area contributed by atoms with Crippen molar-refractivity contribution in [3.63, 3.8) is 0 Å². The lowest BCUT2D eigenvalue weighted by atomic mass is 9.99. The first kappa shape index (κ1) is 25.8. The summed E-state index contributed by atoms with van der Waals surface area (Å²) in [5.74, 6) is -2.60. The molecule has 0 fully saturated rings. The van der Waals surface area contributed by atoms with Crippen LogP contribution in [0.15, 0.2) is 30.5 Å². The number of imidazole rings is 1. The van der Waals surface area contributed by atoms with Crippen molar-refractivity contribution in [3.8, 4) is 5.75 Å². The van der Waals surface area contributed by atoms with Crippen molar-refractivity contribution in [2.75, 3.05) is 6.54 Å². The van der Waals surface area contributed by atoms with Crippen LogP contribution in [-0.4, -0.2) is 38.6 Å². The van der Waals surface area contributed by atoms with Crippen LogP contribution in [-0.2, 0) is 6.61 Å². The number of alkyl halides is 2. The van der Waals surface area contributed by atoms with Gasteiger partial charge in [-0.1, -0.05) is 13.0 Å². The van der Waals surface area contributed by atoms with Crippen LogP contribution in [0.1, 0.15) is 54.0 Å². The Morgan fingerprint density at radius 2 is 1.91 bits per heavy atom. The molecule has 0 spiro atoms. The lowest BCUT2D eigenvalue weighted by molar-refractivity contribution is 0.0930. The van der Waals surface area contributed by atoms with Crippen molar-refractivity contribution in [1.82, 2.24) is 20.0 Å². The maximum absolute atomic E-state index is 14.0. The minimum atomic E-state index is -2.94. The molecular weight excluding hydrogens is 472 g/mol. The monoisotopic (exact) mass is 496 g/mol. The molecule has 2 amide bonds. The lowest BCUT2D eigenvalue weighted by Crippen LogP contribution is -2.52. The predicted octanol–water partition coefficient (Wildman–Crippen LogP) is 4.60. The van der Waals surface area contributed by atoms with Crippen molar-refractivity contribution < 1.29 is 37.0 Å². The number of rotatable bonds is 9. The van der Waals surface area contributed by atoms with E-state index in [0.717, 1.165) is 28.8 Å². The van der Waals surface area contributed by atoms with Gasteiger partial charge < -0.3 is 20.5 Å². The molecule has 12 heteroatoms. The summed E-state index contributed by atoms with van der Waals surface area (Å²) < 4.78 is 61.8. The maximum Gasteiger partial charge on any atom is 0.405 e. The standard InChI is InChI=1S/C23H24F4N4O4/c1-4-23(3,30-22(33)34)11-28-21(32)18-12(2)29-20-17(8-13(19(26)27)9-31(18)20)35-10-14-15(24)6-5-7-16(14)25/h5-9,19,30H,4,10-11H2,1-3H3,(H,28,32)(H,33,34). The number of fused-ring (bicyclic) bond motifs is 1. The highest BCUT2D eigenvalue weighted by molar-refractivity contribution is 5.95. The molecule has 2 aromatic heterocycles. The highest BCUT2D eigenvalue weighted by atomic mass is 19.3. The average molecular weight is 496 g/mol. The summed E-state index contributed by atoms with van der Waals surface area (Å²) in [4.78, 5) is 28.3. The van der Waals surface area contributed by atoms with Gasteiger partial charge in [0.25, 0.3) is 12.3 Å². The number of pyridine rings is 1. The number of carbonyl (C=O) groups excluding carboxylic acids is 1. The molecule has 0 saturated carbocycles. The van der Waals surface area contributed by atoms with E-state index in [1.54, 1.807) is 13.8 Å². The summed E-state index contributed by atoms with van der Waals surface area (Å²) in [5, 5.41) is 14.0. The number of hydrogen-bond acceptors (Lipinski definition) is 4. The molecule has 35 heavy (non-hydrogen) atoms. The van der Waals surface area contributed by atoms with Crippen LogP contribution in [0.25, 0.3) is 5.65 Å². The number of aromatic nitrogens is 2. The Hall–Kier alpha value is -3.83. The molecule has 1 atom stereocenters. The molecule has 0 aliphatic carbocycles. The third-order valence-corrected chi connectivity index (χ3v) is 5.61. The molecule has 1 aromatic carbocycles. The van der Waals surface area contributed by atoms with E-state index in [-0.39, 0.29) is 34.9 Å². The topological polar surface area (TPSA) is 105 Å². The van der Waals surface area contributed by atoms with E-state index in [1.807, 2.05) is 0 Å². The second-order valence-corrected chi connectivity index (χ2v) is 8.19.